The number of nitrogens with zero attached hydrogens (tertiary/aromatic N) is 1. The van der Waals surface area contributed by atoms with E-state index in [1.54, 1.807) is 30.6 Å². The maximum atomic E-state index is 11.7. The highest BCUT2D eigenvalue weighted by Gasteiger charge is 2.00. The molecule has 1 aromatic carbocycles. The number of hydrogen-bond donors (Lipinski definition) is 1. The molecule has 0 aliphatic heterocycles. The molecule has 0 bridgehead atoms. The third kappa shape index (κ3) is 3.28. The maximum Gasteiger partial charge on any atom is 0.255 e. The number of pyridine rings is 1. The van der Waals surface area contributed by atoms with E-state index in [1.807, 2.05) is 36.4 Å². The van der Waals surface area contributed by atoms with Crippen LogP contribution in [0.4, 0.5) is 0 Å². The minimum atomic E-state index is -0.127. The van der Waals surface area contributed by atoms with Gasteiger partial charge in [0.15, 0.2) is 0 Å². The highest BCUT2D eigenvalue weighted by molar-refractivity contribution is 5.95. The monoisotopic (exact) mass is 224 g/mol. The largest absolute Gasteiger partial charge is 0.329 e. The quantitative estimate of drug-likeness (QED) is 0.870. The summed E-state index contributed by atoms with van der Waals surface area (Å²) in [6, 6.07) is 14.7. The molecule has 1 heterocycles. The predicted molar refractivity (Wildman–Crippen MR) is 67.2 cm³/mol. The Hall–Kier alpha value is -2.42. The molecular weight excluding hydrogens is 212 g/mol. The van der Waals surface area contributed by atoms with Crippen LogP contribution in [0, 0.1) is 0 Å². The fourth-order valence-electron chi connectivity index (χ4n) is 1.35. The molecule has 0 saturated heterocycles. The van der Waals surface area contributed by atoms with E-state index in [0.29, 0.717) is 5.56 Å². The Morgan fingerprint density at radius 3 is 2.53 bits per heavy atom. The molecule has 0 aliphatic rings. The third-order valence-electron chi connectivity index (χ3n) is 2.19. The fourth-order valence-corrected chi connectivity index (χ4v) is 1.35. The van der Waals surface area contributed by atoms with Crippen LogP contribution in [0.25, 0.3) is 6.08 Å². The second kappa shape index (κ2) is 5.61. The van der Waals surface area contributed by atoms with Crippen molar-refractivity contribution < 1.29 is 4.79 Å². The normalized spacial score (nSPS) is 10.4. The van der Waals surface area contributed by atoms with Crippen molar-refractivity contribution in [3.05, 3.63) is 72.2 Å². The zero-order valence-corrected chi connectivity index (χ0v) is 9.21. The van der Waals surface area contributed by atoms with Gasteiger partial charge in [0.25, 0.3) is 5.91 Å². The van der Waals surface area contributed by atoms with Crippen LogP contribution in [-0.4, -0.2) is 10.9 Å². The Morgan fingerprint density at radius 2 is 1.82 bits per heavy atom. The van der Waals surface area contributed by atoms with Gasteiger partial charge in [-0.3, -0.25) is 9.78 Å². The van der Waals surface area contributed by atoms with Gasteiger partial charge in [-0.25, -0.2) is 0 Å². The highest BCUT2D eigenvalue weighted by Crippen LogP contribution is 1.99. The number of hydrogen-bond acceptors (Lipinski definition) is 2. The summed E-state index contributed by atoms with van der Waals surface area (Å²) < 4.78 is 0. The molecule has 84 valence electrons. The van der Waals surface area contributed by atoms with Crippen molar-refractivity contribution in [2.45, 2.75) is 0 Å². The zero-order valence-electron chi connectivity index (χ0n) is 9.21. The Bertz CT molecular complexity index is 506. The molecule has 2 aromatic rings. The Balaban J connectivity index is 1.95. The first-order valence-electron chi connectivity index (χ1n) is 5.30. The van der Waals surface area contributed by atoms with Gasteiger partial charge < -0.3 is 5.32 Å². The molecule has 0 atom stereocenters. The average molecular weight is 224 g/mol. The lowest BCUT2D eigenvalue weighted by Crippen LogP contribution is -2.16. The molecular formula is C14H12N2O. The van der Waals surface area contributed by atoms with Crippen LogP contribution in [-0.2, 0) is 0 Å². The van der Waals surface area contributed by atoms with Gasteiger partial charge in [0.2, 0.25) is 0 Å². The number of amides is 1. The topological polar surface area (TPSA) is 42.0 Å². The third-order valence-corrected chi connectivity index (χ3v) is 2.19. The standard InChI is InChI=1S/C14H12N2O/c17-14(12-6-2-1-3-7-12)16-11-9-13-8-4-5-10-15-13/h1-11H,(H,16,17)/b11-9+. The van der Waals surface area contributed by atoms with E-state index in [-0.39, 0.29) is 5.91 Å². The van der Waals surface area contributed by atoms with Crippen molar-refractivity contribution in [2.75, 3.05) is 0 Å². The second-order valence-corrected chi connectivity index (χ2v) is 3.43. The summed E-state index contributed by atoms with van der Waals surface area (Å²) in [7, 11) is 0. The minimum Gasteiger partial charge on any atom is -0.329 e. The summed E-state index contributed by atoms with van der Waals surface area (Å²) in [6.45, 7) is 0. The van der Waals surface area contributed by atoms with Gasteiger partial charge in [-0.15, -0.1) is 0 Å². The maximum absolute atomic E-state index is 11.7. The van der Waals surface area contributed by atoms with E-state index in [9.17, 15) is 4.79 Å². The van der Waals surface area contributed by atoms with E-state index in [4.69, 9.17) is 0 Å². The molecule has 1 N–H and O–H groups in total. The van der Waals surface area contributed by atoms with Crippen molar-refractivity contribution in [2.24, 2.45) is 0 Å². The minimum absolute atomic E-state index is 0.127. The molecule has 1 aromatic heterocycles. The van der Waals surface area contributed by atoms with E-state index in [0.717, 1.165) is 5.69 Å². The molecule has 0 radical (unpaired) electrons. The number of rotatable bonds is 3. The Morgan fingerprint density at radius 1 is 1.06 bits per heavy atom. The molecule has 0 spiro atoms. The van der Waals surface area contributed by atoms with Crippen LogP contribution in [0.15, 0.2) is 60.9 Å². The zero-order chi connectivity index (χ0) is 11.9. The van der Waals surface area contributed by atoms with Crippen LogP contribution < -0.4 is 5.32 Å². The predicted octanol–water partition coefficient (Wildman–Crippen LogP) is 2.48. The van der Waals surface area contributed by atoms with E-state index >= 15 is 0 Å². The molecule has 0 aliphatic carbocycles. The van der Waals surface area contributed by atoms with Crippen LogP contribution >= 0.6 is 0 Å². The molecule has 17 heavy (non-hydrogen) atoms. The van der Waals surface area contributed by atoms with E-state index in [2.05, 4.69) is 10.3 Å². The SMILES string of the molecule is O=C(N/C=C/c1ccccn1)c1ccccc1. The molecule has 3 nitrogen and oxygen atoms in total. The molecule has 0 fully saturated rings. The molecule has 0 saturated carbocycles. The highest BCUT2D eigenvalue weighted by atomic mass is 16.1. The van der Waals surface area contributed by atoms with Crippen LogP contribution in [0.3, 0.4) is 0 Å². The van der Waals surface area contributed by atoms with Gasteiger partial charge in [-0.2, -0.15) is 0 Å². The van der Waals surface area contributed by atoms with Crippen LogP contribution in [0.1, 0.15) is 16.1 Å². The Labute approximate surface area is 99.8 Å². The fraction of sp³-hybridized carbons (Fsp3) is 0. The van der Waals surface area contributed by atoms with Crippen LogP contribution in [0.2, 0.25) is 0 Å². The lowest BCUT2D eigenvalue weighted by atomic mass is 10.2. The number of carbonyl (C=O) groups excluding carboxylic acids is 1. The lowest BCUT2D eigenvalue weighted by Gasteiger charge is -1.98. The van der Waals surface area contributed by atoms with Gasteiger partial charge in [-0.05, 0) is 30.3 Å². The van der Waals surface area contributed by atoms with Crippen molar-refractivity contribution in [3.63, 3.8) is 0 Å². The van der Waals surface area contributed by atoms with Crippen molar-refractivity contribution in [3.8, 4) is 0 Å². The first-order valence-corrected chi connectivity index (χ1v) is 5.30. The van der Waals surface area contributed by atoms with Gasteiger partial charge in [0.1, 0.15) is 0 Å². The molecule has 3 heteroatoms. The van der Waals surface area contributed by atoms with Crippen molar-refractivity contribution >= 4 is 12.0 Å². The lowest BCUT2D eigenvalue weighted by molar-refractivity contribution is 0.0970. The number of aromatic nitrogens is 1. The van der Waals surface area contributed by atoms with Gasteiger partial charge in [-0.1, -0.05) is 24.3 Å². The van der Waals surface area contributed by atoms with Crippen molar-refractivity contribution in [1.29, 1.82) is 0 Å². The summed E-state index contributed by atoms with van der Waals surface area (Å²) in [6.07, 6.45) is 5.05. The summed E-state index contributed by atoms with van der Waals surface area (Å²) in [5.41, 5.74) is 1.44. The van der Waals surface area contributed by atoms with Crippen LogP contribution in [0.5, 0.6) is 0 Å². The first kappa shape index (κ1) is 11.1. The average Bonchev–Trinajstić information content (AvgIpc) is 2.41. The number of benzene rings is 1. The van der Waals surface area contributed by atoms with E-state index < -0.39 is 0 Å². The molecule has 1 amide bonds. The first-order chi connectivity index (χ1) is 8.36. The molecule has 2 rings (SSSR count). The van der Waals surface area contributed by atoms with Crippen molar-refractivity contribution in [1.82, 2.24) is 10.3 Å². The second-order valence-electron chi connectivity index (χ2n) is 3.43. The molecule has 0 unspecified atom stereocenters. The number of nitrogens with one attached hydrogen (secondary N) is 1. The smallest absolute Gasteiger partial charge is 0.255 e. The van der Waals surface area contributed by atoms with Gasteiger partial charge in [0.05, 0.1) is 5.69 Å². The number of carbonyl (C=O) groups is 1. The van der Waals surface area contributed by atoms with Gasteiger partial charge >= 0.3 is 0 Å². The van der Waals surface area contributed by atoms with Gasteiger partial charge in [0, 0.05) is 18.0 Å². The van der Waals surface area contributed by atoms with E-state index in [1.165, 1.54) is 0 Å². The summed E-state index contributed by atoms with van der Waals surface area (Å²) >= 11 is 0. The Kier molecular flexibility index (Phi) is 3.65. The summed E-state index contributed by atoms with van der Waals surface area (Å²) in [5, 5.41) is 2.69. The summed E-state index contributed by atoms with van der Waals surface area (Å²) in [5.74, 6) is -0.127. The summed E-state index contributed by atoms with van der Waals surface area (Å²) in [4.78, 5) is 15.8.